The fourth-order valence-electron chi connectivity index (χ4n) is 2.38. The van der Waals surface area contributed by atoms with Crippen LogP contribution in [0.3, 0.4) is 0 Å². The van der Waals surface area contributed by atoms with Crippen LogP contribution < -0.4 is 0 Å². The number of hydrogen-bond acceptors (Lipinski definition) is 2. The smallest absolute Gasteiger partial charge is 0.317 e. The monoisotopic (exact) mass is 331 g/mol. The molecule has 0 amide bonds. The fourth-order valence-corrected chi connectivity index (χ4v) is 2.60. The SMILES string of the molecule is CCCCOC1=CC(=[N+]=[N-])C(Cl)C=C1N(C)Cc1ccccc1. The second kappa shape index (κ2) is 8.56. The van der Waals surface area contributed by atoms with Crippen molar-refractivity contribution in [1.82, 2.24) is 4.90 Å². The summed E-state index contributed by atoms with van der Waals surface area (Å²) in [6.07, 6.45) is 5.61. The number of allylic oxidation sites excluding steroid dienone is 2. The number of ether oxygens (including phenoxy) is 1. The maximum Gasteiger partial charge on any atom is 0.317 e. The lowest BCUT2D eigenvalue weighted by Crippen LogP contribution is -2.27. The molecular formula is C18H22ClN3O. The summed E-state index contributed by atoms with van der Waals surface area (Å²) in [6, 6.07) is 10.2. The van der Waals surface area contributed by atoms with Gasteiger partial charge in [0.25, 0.3) is 0 Å². The molecule has 0 bridgehead atoms. The second-order valence-corrected chi connectivity index (χ2v) is 6.00. The minimum Gasteiger partial charge on any atom is -0.491 e. The third-order valence-electron chi connectivity index (χ3n) is 3.66. The maximum absolute atomic E-state index is 9.07. The Kier molecular flexibility index (Phi) is 6.45. The average Bonchev–Trinajstić information content (AvgIpc) is 2.57. The molecule has 0 saturated heterocycles. The van der Waals surface area contributed by atoms with Gasteiger partial charge in [-0.2, -0.15) is 4.79 Å². The molecule has 0 aliphatic heterocycles. The normalized spacial score (nSPS) is 17.2. The number of likely N-dealkylation sites (N-methyl/N-ethyl adjacent to an activating group) is 1. The molecule has 1 atom stereocenters. The van der Waals surface area contributed by atoms with Crippen LogP contribution in [-0.2, 0) is 11.3 Å². The first kappa shape index (κ1) is 17.3. The van der Waals surface area contributed by atoms with Gasteiger partial charge in [0, 0.05) is 13.6 Å². The first-order valence-electron chi connectivity index (χ1n) is 7.83. The number of hydrogen-bond donors (Lipinski definition) is 0. The lowest BCUT2D eigenvalue weighted by atomic mass is 10.1. The molecule has 4 nitrogen and oxygen atoms in total. The Morgan fingerprint density at radius 3 is 2.70 bits per heavy atom. The summed E-state index contributed by atoms with van der Waals surface area (Å²) in [6.45, 7) is 3.49. The summed E-state index contributed by atoms with van der Waals surface area (Å²) in [7, 11) is 2.00. The van der Waals surface area contributed by atoms with Crippen molar-refractivity contribution in [3.05, 3.63) is 65.0 Å². The molecule has 1 aliphatic carbocycles. The van der Waals surface area contributed by atoms with Crippen molar-refractivity contribution in [1.29, 1.82) is 0 Å². The number of alkyl halides is 1. The molecule has 122 valence electrons. The number of rotatable bonds is 7. The van der Waals surface area contributed by atoms with E-state index < -0.39 is 5.38 Å². The molecule has 1 aliphatic rings. The summed E-state index contributed by atoms with van der Waals surface area (Å²) in [5.74, 6) is 0.696. The van der Waals surface area contributed by atoms with E-state index >= 15 is 0 Å². The molecule has 0 aromatic heterocycles. The van der Waals surface area contributed by atoms with Gasteiger partial charge in [0.2, 0.25) is 0 Å². The van der Waals surface area contributed by atoms with Gasteiger partial charge in [-0.25, -0.2) is 0 Å². The topological polar surface area (TPSA) is 48.9 Å². The van der Waals surface area contributed by atoms with Crippen LogP contribution in [-0.4, -0.2) is 34.4 Å². The van der Waals surface area contributed by atoms with E-state index in [9.17, 15) is 0 Å². The molecule has 2 rings (SSSR count). The molecule has 0 spiro atoms. The Morgan fingerprint density at radius 1 is 1.30 bits per heavy atom. The number of unbranched alkanes of at least 4 members (excludes halogenated alkanes) is 1. The Hall–Kier alpha value is -2.03. The minimum absolute atomic E-state index is 0.398. The quantitative estimate of drug-likeness (QED) is 0.328. The van der Waals surface area contributed by atoms with Gasteiger partial charge >= 0.3 is 5.71 Å². The Morgan fingerprint density at radius 2 is 2.04 bits per heavy atom. The number of nitrogens with zero attached hydrogens (tertiary/aromatic N) is 3. The molecule has 23 heavy (non-hydrogen) atoms. The van der Waals surface area contributed by atoms with Gasteiger partial charge in [0.1, 0.15) is 5.76 Å². The summed E-state index contributed by atoms with van der Waals surface area (Å²) in [5.41, 5.74) is 11.6. The van der Waals surface area contributed by atoms with Crippen LogP contribution >= 0.6 is 11.6 Å². The van der Waals surface area contributed by atoms with Gasteiger partial charge in [-0.1, -0.05) is 43.7 Å². The van der Waals surface area contributed by atoms with Gasteiger partial charge < -0.3 is 15.2 Å². The highest BCUT2D eigenvalue weighted by molar-refractivity contribution is 6.34. The van der Waals surface area contributed by atoms with Crippen molar-refractivity contribution in [2.24, 2.45) is 0 Å². The predicted octanol–water partition coefficient (Wildman–Crippen LogP) is 3.99. The first-order valence-corrected chi connectivity index (χ1v) is 8.27. The van der Waals surface area contributed by atoms with Crippen molar-refractivity contribution in [3.63, 3.8) is 0 Å². The van der Waals surface area contributed by atoms with Crippen LogP contribution in [0.5, 0.6) is 0 Å². The highest BCUT2D eigenvalue weighted by atomic mass is 35.5. The van der Waals surface area contributed by atoms with E-state index in [1.165, 1.54) is 5.56 Å². The second-order valence-electron chi connectivity index (χ2n) is 5.53. The predicted molar refractivity (Wildman–Crippen MR) is 93.2 cm³/mol. The third kappa shape index (κ3) is 4.72. The Balaban J connectivity index is 2.18. The van der Waals surface area contributed by atoms with Crippen molar-refractivity contribution >= 4 is 17.3 Å². The van der Waals surface area contributed by atoms with E-state index in [0.29, 0.717) is 18.1 Å². The first-order chi connectivity index (χ1) is 11.2. The van der Waals surface area contributed by atoms with Gasteiger partial charge in [-0.3, -0.25) is 0 Å². The summed E-state index contributed by atoms with van der Waals surface area (Å²) < 4.78 is 5.88. The number of benzene rings is 1. The Labute approximate surface area is 142 Å². The molecule has 0 N–H and O–H groups in total. The standard InChI is InChI=1S/C18H22ClN3O/c1-3-4-10-23-18-12-16(21-20)15(19)11-17(18)22(2)13-14-8-6-5-7-9-14/h5-9,11-12,15H,3-4,10,13H2,1-2H3. The lowest BCUT2D eigenvalue weighted by Gasteiger charge is -2.27. The van der Waals surface area contributed by atoms with E-state index in [1.807, 2.05) is 31.3 Å². The highest BCUT2D eigenvalue weighted by Crippen LogP contribution is 2.25. The molecular weight excluding hydrogens is 310 g/mol. The molecule has 0 heterocycles. The average molecular weight is 332 g/mol. The van der Waals surface area contributed by atoms with E-state index in [4.69, 9.17) is 21.9 Å². The van der Waals surface area contributed by atoms with Crippen LogP contribution in [0, 0.1) is 0 Å². The van der Waals surface area contributed by atoms with Crippen molar-refractivity contribution in [2.45, 2.75) is 31.7 Å². The third-order valence-corrected chi connectivity index (χ3v) is 4.01. The summed E-state index contributed by atoms with van der Waals surface area (Å²) >= 11 is 6.26. The fraction of sp³-hybridized carbons (Fsp3) is 0.389. The lowest BCUT2D eigenvalue weighted by molar-refractivity contribution is -0.00568. The molecule has 1 unspecified atom stereocenters. The van der Waals surface area contributed by atoms with Gasteiger partial charge in [0.15, 0.2) is 5.38 Å². The molecule has 1 aromatic rings. The largest absolute Gasteiger partial charge is 0.491 e. The highest BCUT2D eigenvalue weighted by Gasteiger charge is 2.28. The molecule has 0 fully saturated rings. The molecule has 0 saturated carbocycles. The van der Waals surface area contributed by atoms with Crippen molar-refractivity contribution < 1.29 is 9.53 Å². The van der Waals surface area contributed by atoms with Crippen LogP contribution in [0.1, 0.15) is 25.3 Å². The maximum atomic E-state index is 9.07. The zero-order valence-corrected chi connectivity index (χ0v) is 14.3. The molecule has 0 radical (unpaired) electrons. The van der Waals surface area contributed by atoms with Crippen molar-refractivity contribution in [3.8, 4) is 0 Å². The van der Waals surface area contributed by atoms with E-state index in [1.54, 1.807) is 6.08 Å². The van der Waals surface area contributed by atoms with E-state index in [0.717, 1.165) is 25.1 Å². The van der Waals surface area contributed by atoms with E-state index in [2.05, 4.69) is 28.7 Å². The summed E-state index contributed by atoms with van der Waals surface area (Å²) in [5, 5.41) is -0.466. The van der Waals surface area contributed by atoms with Crippen LogP contribution in [0.2, 0.25) is 0 Å². The number of halogens is 1. The van der Waals surface area contributed by atoms with Crippen molar-refractivity contribution in [2.75, 3.05) is 13.7 Å². The zero-order valence-electron chi connectivity index (χ0n) is 13.6. The van der Waals surface area contributed by atoms with Crippen LogP contribution in [0.4, 0.5) is 0 Å². The zero-order chi connectivity index (χ0) is 16.7. The van der Waals surface area contributed by atoms with E-state index in [-0.39, 0.29) is 0 Å². The minimum atomic E-state index is -0.466. The molecule has 5 heteroatoms. The van der Waals surface area contributed by atoms with Gasteiger partial charge in [-0.05, 0) is 18.1 Å². The van der Waals surface area contributed by atoms with Crippen LogP contribution in [0.15, 0.2) is 53.9 Å². The molecule has 1 aromatic carbocycles. The van der Waals surface area contributed by atoms with Crippen LogP contribution in [0.25, 0.3) is 5.53 Å². The summed E-state index contributed by atoms with van der Waals surface area (Å²) in [4.78, 5) is 5.34. The Bertz CT molecular complexity index is 633. The van der Waals surface area contributed by atoms with Gasteiger partial charge in [0.05, 0.1) is 18.4 Å². The van der Waals surface area contributed by atoms with Gasteiger partial charge in [-0.15, -0.1) is 11.6 Å².